The predicted molar refractivity (Wildman–Crippen MR) is 112 cm³/mol. The standard InChI is InChI=1S/C19H32N6O4/c20-7-3-1-5-9-28-15-12-16(14(18(22)27)11-13(15)17(21)26)29-10-6-2-4-8-25-19(23)24/h11-12H,1-10,20H2,(H2,21,26)(H2,22,27)(H4,23,24,25). The van der Waals surface area contributed by atoms with E-state index in [0.717, 1.165) is 38.5 Å². The SMILES string of the molecule is NCCCCCOc1cc(OCCCCCN=C(N)N)c(C(N)=O)cc1C(N)=O. The topological polar surface area (TPSA) is 195 Å². The Kier molecular flexibility index (Phi) is 10.9. The van der Waals surface area contributed by atoms with Gasteiger partial charge in [0.2, 0.25) is 0 Å². The molecule has 0 fully saturated rings. The molecule has 2 amide bonds. The summed E-state index contributed by atoms with van der Waals surface area (Å²) in [7, 11) is 0. The van der Waals surface area contributed by atoms with Crippen molar-refractivity contribution in [2.45, 2.75) is 38.5 Å². The third-order valence-corrected chi connectivity index (χ3v) is 4.07. The van der Waals surface area contributed by atoms with Gasteiger partial charge in [-0.15, -0.1) is 0 Å². The van der Waals surface area contributed by atoms with Crippen molar-refractivity contribution >= 4 is 17.8 Å². The number of carbonyl (C=O) groups is 2. The summed E-state index contributed by atoms with van der Waals surface area (Å²) in [4.78, 5) is 27.4. The maximum Gasteiger partial charge on any atom is 0.252 e. The highest BCUT2D eigenvalue weighted by atomic mass is 16.5. The number of hydrogen-bond donors (Lipinski definition) is 5. The number of guanidine groups is 1. The summed E-state index contributed by atoms with van der Waals surface area (Å²) >= 11 is 0. The molecule has 0 aliphatic rings. The Morgan fingerprint density at radius 2 is 1.28 bits per heavy atom. The molecule has 0 unspecified atom stereocenters. The molecule has 0 heterocycles. The van der Waals surface area contributed by atoms with Gasteiger partial charge in [0, 0.05) is 12.6 Å². The average molecular weight is 409 g/mol. The Balaban J connectivity index is 2.77. The highest BCUT2D eigenvalue weighted by molar-refractivity contribution is 6.02. The largest absolute Gasteiger partial charge is 0.493 e. The van der Waals surface area contributed by atoms with Crippen molar-refractivity contribution < 1.29 is 19.1 Å². The van der Waals surface area contributed by atoms with Crippen molar-refractivity contribution in [2.24, 2.45) is 33.7 Å². The lowest BCUT2D eigenvalue weighted by Crippen LogP contribution is -2.22. The monoisotopic (exact) mass is 408 g/mol. The number of primary amides is 2. The third-order valence-electron chi connectivity index (χ3n) is 4.07. The highest BCUT2D eigenvalue weighted by Gasteiger charge is 2.19. The lowest BCUT2D eigenvalue weighted by atomic mass is 10.1. The van der Waals surface area contributed by atoms with Crippen molar-refractivity contribution in [3.05, 3.63) is 23.3 Å². The minimum Gasteiger partial charge on any atom is -0.493 e. The van der Waals surface area contributed by atoms with Gasteiger partial charge in [0.15, 0.2) is 5.96 Å². The summed E-state index contributed by atoms with van der Waals surface area (Å²) in [6.45, 7) is 1.91. The summed E-state index contributed by atoms with van der Waals surface area (Å²) in [6, 6.07) is 2.80. The molecule has 0 saturated carbocycles. The zero-order valence-electron chi connectivity index (χ0n) is 16.7. The number of benzene rings is 1. The fourth-order valence-corrected chi connectivity index (χ4v) is 2.57. The highest BCUT2D eigenvalue weighted by Crippen LogP contribution is 2.29. The molecule has 0 saturated heterocycles. The molecular formula is C19H32N6O4. The number of aliphatic imine (C=N–C) groups is 1. The van der Waals surface area contributed by atoms with Crippen molar-refractivity contribution in [1.29, 1.82) is 0 Å². The number of unbranched alkanes of at least 4 members (excludes halogenated alkanes) is 4. The second-order valence-electron chi connectivity index (χ2n) is 6.49. The first kappa shape index (κ1) is 24.0. The zero-order valence-corrected chi connectivity index (χ0v) is 16.7. The fraction of sp³-hybridized carbons (Fsp3) is 0.526. The molecule has 10 N–H and O–H groups in total. The molecule has 29 heavy (non-hydrogen) atoms. The van der Waals surface area contributed by atoms with E-state index in [4.69, 9.17) is 38.1 Å². The normalized spacial score (nSPS) is 10.4. The van der Waals surface area contributed by atoms with Crippen molar-refractivity contribution in [3.8, 4) is 11.5 Å². The Bertz CT molecular complexity index is 704. The fourth-order valence-electron chi connectivity index (χ4n) is 2.57. The van der Waals surface area contributed by atoms with Crippen LogP contribution in [0.1, 0.15) is 59.2 Å². The molecule has 0 bridgehead atoms. The number of nitrogens with two attached hydrogens (primary N) is 5. The number of hydrogen-bond acceptors (Lipinski definition) is 6. The molecule has 10 heteroatoms. The van der Waals surface area contributed by atoms with Gasteiger partial charge in [0.25, 0.3) is 11.8 Å². The minimum absolute atomic E-state index is 0.0671. The van der Waals surface area contributed by atoms with E-state index in [1.165, 1.54) is 12.1 Å². The number of amides is 2. The van der Waals surface area contributed by atoms with Gasteiger partial charge in [-0.3, -0.25) is 14.6 Å². The Hall–Kier alpha value is -3.01. The molecule has 0 radical (unpaired) electrons. The Morgan fingerprint density at radius 3 is 1.72 bits per heavy atom. The van der Waals surface area contributed by atoms with Crippen LogP contribution in [-0.2, 0) is 0 Å². The molecule has 0 aromatic heterocycles. The molecule has 1 rings (SSSR count). The smallest absolute Gasteiger partial charge is 0.252 e. The second-order valence-corrected chi connectivity index (χ2v) is 6.49. The van der Waals surface area contributed by atoms with Gasteiger partial charge in [0.05, 0.1) is 24.3 Å². The first-order chi connectivity index (χ1) is 13.9. The van der Waals surface area contributed by atoms with Crippen LogP contribution in [0.5, 0.6) is 11.5 Å². The van der Waals surface area contributed by atoms with Crippen LogP contribution >= 0.6 is 0 Å². The summed E-state index contributed by atoms with van der Waals surface area (Å²) in [5, 5.41) is 0. The Morgan fingerprint density at radius 1 is 0.759 bits per heavy atom. The van der Waals surface area contributed by atoms with Crippen LogP contribution in [0, 0.1) is 0 Å². The lowest BCUT2D eigenvalue weighted by molar-refractivity contribution is 0.0995. The lowest BCUT2D eigenvalue weighted by Gasteiger charge is -2.15. The van der Waals surface area contributed by atoms with E-state index in [1.807, 2.05) is 0 Å². The van der Waals surface area contributed by atoms with E-state index in [1.54, 1.807) is 0 Å². The number of ether oxygens (including phenoxy) is 2. The van der Waals surface area contributed by atoms with Crippen molar-refractivity contribution in [3.63, 3.8) is 0 Å². The summed E-state index contributed by atoms with van der Waals surface area (Å²) in [5.74, 6) is -0.848. The van der Waals surface area contributed by atoms with Gasteiger partial charge < -0.3 is 38.1 Å². The molecule has 0 spiro atoms. The van der Waals surface area contributed by atoms with E-state index in [-0.39, 0.29) is 28.6 Å². The van der Waals surface area contributed by atoms with Crippen LogP contribution in [0.25, 0.3) is 0 Å². The Labute approximate surface area is 170 Å². The molecule has 10 nitrogen and oxygen atoms in total. The molecule has 0 atom stereocenters. The van der Waals surface area contributed by atoms with Crippen LogP contribution in [-0.4, -0.2) is 44.1 Å². The van der Waals surface area contributed by atoms with Crippen LogP contribution in [0.3, 0.4) is 0 Å². The van der Waals surface area contributed by atoms with Gasteiger partial charge in [-0.25, -0.2) is 0 Å². The van der Waals surface area contributed by atoms with Gasteiger partial charge in [-0.05, 0) is 51.1 Å². The van der Waals surface area contributed by atoms with Crippen LogP contribution in [0.15, 0.2) is 17.1 Å². The third kappa shape index (κ3) is 9.15. The molecular weight excluding hydrogens is 376 g/mol. The molecule has 0 aliphatic heterocycles. The molecule has 0 aliphatic carbocycles. The quantitative estimate of drug-likeness (QED) is 0.155. The number of rotatable bonds is 15. The van der Waals surface area contributed by atoms with Gasteiger partial charge in [-0.2, -0.15) is 0 Å². The van der Waals surface area contributed by atoms with Crippen molar-refractivity contribution in [1.82, 2.24) is 0 Å². The van der Waals surface area contributed by atoms with E-state index >= 15 is 0 Å². The first-order valence-corrected chi connectivity index (χ1v) is 9.65. The van der Waals surface area contributed by atoms with Gasteiger partial charge in [0.1, 0.15) is 11.5 Å². The molecule has 1 aromatic carbocycles. The number of nitrogens with zero attached hydrogens (tertiary/aromatic N) is 1. The maximum absolute atomic E-state index is 11.8. The zero-order chi connectivity index (χ0) is 21.6. The minimum atomic E-state index is -0.718. The first-order valence-electron chi connectivity index (χ1n) is 9.65. The summed E-state index contributed by atoms with van der Waals surface area (Å²) in [5.41, 5.74) is 27.0. The van der Waals surface area contributed by atoms with Crippen molar-refractivity contribution in [2.75, 3.05) is 26.3 Å². The van der Waals surface area contributed by atoms with E-state index in [0.29, 0.717) is 26.3 Å². The second kappa shape index (κ2) is 13.2. The maximum atomic E-state index is 11.8. The molecule has 1 aromatic rings. The van der Waals surface area contributed by atoms with Gasteiger partial charge >= 0.3 is 0 Å². The van der Waals surface area contributed by atoms with E-state index in [2.05, 4.69) is 4.99 Å². The van der Waals surface area contributed by atoms with E-state index < -0.39 is 11.8 Å². The van der Waals surface area contributed by atoms with Gasteiger partial charge in [-0.1, -0.05) is 0 Å². The van der Waals surface area contributed by atoms with Crippen LogP contribution in [0.4, 0.5) is 0 Å². The summed E-state index contributed by atoms with van der Waals surface area (Å²) < 4.78 is 11.4. The predicted octanol–water partition coefficient (Wildman–Crippen LogP) is 0.215. The summed E-state index contributed by atoms with van der Waals surface area (Å²) in [6.07, 6.45) is 4.95. The van der Waals surface area contributed by atoms with Crippen LogP contribution in [0.2, 0.25) is 0 Å². The van der Waals surface area contributed by atoms with E-state index in [9.17, 15) is 9.59 Å². The molecule has 162 valence electrons. The average Bonchev–Trinajstić information content (AvgIpc) is 2.66. The van der Waals surface area contributed by atoms with Crippen LogP contribution < -0.4 is 38.1 Å². The number of carbonyl (C=O) groups excluding carboxylic acids is 2.